The normalized spacial score (nSPS) is 11.2. The summed E-state index contributed by atoms with van der Waals surface area (Å²) in [7, 11) is 0. The van der Waals surface area contributed by atoms with E-state index in [2.05, 4.69) is 15.3 Å². The number of ether oxygens (including phenoxy) is 1. The van der Waals surface area contributed by atoms with Crippen LogP contribution in [0.3, 0.4) is 0 Å². The van der Waals surface area contributed by atoms with Crippen LogP contribution in [0.2, 0.25) is 15.3 Å². The quantitative estimate of drug-likeness (QED) is 0.193. The summed E-state index contributed by atoms with van der Waals surface area (Å²) in [5, 5.41) is 4.79. The Hall–Kier alpha value is -1.67. The van der Waals surface area contributed by atoms with E-state index in [-0.39, 0.29) is 33.1 Å². The second-order valence-electron chi connectivity index (χ2n) is 4.18. The topological polar surface area (TPSA) is 81.2 Å². The van der Waals surface area contributed by atoms with Crippen molar-refractivity contribution in [2.45, 2.75) is 6.92 Å². The molecule has 0 spiro atoms. The van der Waals surface area contributed by atoms with Gasteiger partial charge in [-0.2, -0.15) is 0 Å². The van der Waals surface area contributed by atoms with Crippen molar-refractivity contribution in [1.29, 1.82) is 0 Å². The Labute approximate surface area is 156 Å². The van der Waals surface area contributed by atoms with Gasteiger partial charge in [0.25, 0.3) is 0 Å². The first kappa shape index (κ1) is 18.7. The molecular weight excluding hydrogens is 397 g/mol. The number of hydrogen-bond acceptors (Lipinski definition) is 7. The number of Topliss-reactive ketones (excluding diaryl/α,β-unsaturated/α-hetero) is 1. The fourth-order valence-electron chi connectivity index (χ4n) is 1.65. The number of thiazole rings is 1. The van der Waals surface area contributed by atoms with Crippen LogP contribution in [-0.4, -0.2) is 28.3 Å². The fourth-order valence-corrected chi connectivity index (χ4v) is 3.05. The van der Waals surface area contributed by atoms with Gasteiger partial charge in [-0.25, -0.2) is 14.8 Å². The molecule has 2 aromatic rings. The zero-order valence-corrected chi connectivity index (χ0v) is 15.3. The average Bonchev–Trinajstić information content (AvgIpc) is 3.00. The monoisotopic (exact) mass is 405 g/mol. The van der Waals surface area contributed by atoms with Crippen LogP contribution in [0, 0.1) is 0 Å². The summed E-state index contributed by atoms with van der Waals surface area (Å²) >= 11 is 19.0. The van der Waals surface area contributed by atoms with Crippen LogP contribution in [0.25, 0.3) is 0 Å². The highest BCUT2D eigenvalue weighted by molar-refractivity contribution is 7.13. The highest BCUT2D eigenvalue weighted by Gasteiger charge is 2.26. The van der Waals surface area contributed by atoms with Gasteiger partial charge < -0.3 is 10.1 Å². The van der Waals surface area contributed by atoms with Gasteiger partial charge in [-0.05, 0) is 13.0 Å². The Morgan fingerprint density at radius 3 is 2.71 bits per heavy atom. The van der Waals surface area contributed by atoms with Crippen LogP contribution in [0.5, 0.6) is 0 Å². The van der Waals surface area contributed by atoms with E-state index in [1.54, 1.807) is 18.5 Å². The average molecular weight is 407 g/mol. The van der Waals surface area contributed by atoms with E-state index in [0.717, 1.165) is 0 Å². The van der Waals surface area contributed by atoms with Crippen LogP contribution in [0.1, 0.15) is 17.3 Å². The predicted molar refractivity (Wildman–Crippen MR) is 94.1 cm³/mol. The van der Waals surface area contributed by atoms with Crippen LogP contribution >= 0.6 is 46.1 Å². The van der Waals surface area contributed by atoms with Crippen molar-refractivity contribution in [3.05, 3.63) is 50.3 Å². The van der Waals surface area contributed by atoms with Crippen molar-refractivity contribution in [3.63, 3.8) is 0 Å². The number of carbonyl (C=O) groups excluding carboxylic acids is 2. The SMILES string of the molecule is CCOC(=O)C(=CNc1nccs1)C(=O)c1c(Cl)cc(Cl)nc1Cl. The summed E-state index contributed by atoms with van der Waals surface area (Å²) < 4.78 is 4.90. The zero-order valence-electron chi connectivity index (χ0n) is 12.2. The molecule has 0 aliphatic rings. The zero-order chi connectivity index (χ0) is 17.7. The van der Waals surface area contributed by atoms with Crippen molar-refractivity contribution < 1.29 is 14.3 Å². The lowest BCUT2D eigenvalue weighted by molar-refractivity contribution is -0.138. The van der Waals surface area contributed by atoms with E-state index in [1.807, 2.05) is 0 Å². The van der Waals surface area contributed by atoms with Gasteiger partial charge in [0.2, 0.25) is 5.78 Å². The molecule has 0 aliphatic heterocycles. The molecule has 0 bridgehead atoms. The number of nitrogens with zero attached hydrogens (tertiary/aromatic N) is 2. The molecule has 0 fully saturated rings. The first-order valence-corrected chi connectivity index (χ1v) is 8.55. The highest BCUT2D eigenvalue weighted by atomic mass is 35.5. The number of pyridine rings is 1. The third-order valence-electron chi connectivity index (χ3n) is 2.64. The molecule has 2 heterocycles. The number of aromatic nitrogens is 2. The van der Waals surface area contributed by atoms with Gasteiger partial charge in [-0.15, -0.1) is 11.3 Å². The third-order valence-corrected chi connectivity index (χ3v) is 4.10. The maximum Gasteiger partial charge on any atom is 0.343 e. The number of anilines is 1. The number of halogens is 3. The molecule has 10 heteroatoms. The number of nitrogens with one attached hydrogen (secondary N) is 1. The van der Waals surface area contributed by atoms with Gasteiger partial charge in [0, 0.05) is 17.8 Å². The smallest absolute Gasteiger partial charge is 0.343 e. The van der Waals surface area contributed by atoms with Gasteiger partial charge in [0.15, 0.2) is 5.13 Å². The van der Waals surface area contributed by atoms with Gasteiger partial charge in [-0.1, -0.05) is 34.8 Å². The Morgan fingerprint density at radius 1 is 1.38 bits per heavy atom. The van der Waals surface area contributed by atoms with E-state index < -0.39 is 11.8 Å². The standard InChI is InChI=1S/C14H10Cl3N3O3S/c1-2-23-13(22)7(6-19-14-18-3-4-24-14)11(21)10-8(15)5-9(16)20-12(10)17/h3-6H,2H2,1H3,(H,18,19). The van der Waals surface area contributed by atoms with Crippen molar-refractivity contribution in [2.24, 2.45) is 0 Å². The molecule has 126 valence electrons. The number of esters is 1. The molecule has 2 rings (SSSR count). The summed E-state index contributed by atoms with van der Waals surface area (Å²) in [6.07, 6.45) is 2.77. The molecule has 0 saturated carbocycles. The molecular formula is C14H10Cl3N3O3S. The number of carbonyl (C=O) groups is 2. The Kier molecular flexibility index (Phi) is 6.56. The van der Waals surface area contributed by atoms with Crippen molar-refractivity contribution in [3.8, 4) is 0 Å². The summed E-state index contributed by atoms with van der Waals surface area (Å²) in [5.74, 6) is -1.56. The van der Waals surface area contributed by atoms with Crippen LogP contribution in [0.15, 0.2) is 29.4 Å². The molecule has 0 amide bonds. The Morgan fingerprint density at radius 2 is 2.12 bits per heavy atom. The lowest BCUT2D eigenvalue weighted by atomic mass is 10.1. The minimum Gasteiger partial charge on any atom is -0.462 e. The molecule has 0 aliphatic carbocycles. The summed E-state index contributed by atoms with van der Waals surface area (Å²) in [5.41, 5.74) is -0.428. The minimum absolute atomic E-state index is 0.0190. The second kappa shape index (κ2) is 8.43. The number of rotatable bonds is 6. The van der Waals surface area contributed by atoms with Gasteiger partial charge in [-0.3, -0.25) is 4.79 Å². The van der Waals surface area contributed by atoms with E-state index >= 15 is 0 Å². The Bertz CT molecular complexity index is 771. The molecule has 0 aromatic carbocycles. The first-order chi connectivity index (χ1) is 11.4. The third kappa shape index (κ3) is 4.45. The maximum atomic E-state index is 12.7. The number of ketones is 1. The minimum atomic E-state index is -0.825. The first-order valence-electron chi connectivity index (χ1n) is 6.53. The van der Waals surface area contributed by atoms with Gasteiger partial charge >= 0.3 is 5.97 Å². The molecule has 2 aromatic heterocycles. The molecule has 1 N–H and O–H groups in total. The summed E-state index contributed by atoms with van der Waals surface area (Å²) in [6, 6.07) is 1.26. The number of hydrogen-bond donors (Lipinski definition) is 1. The summed E-state index contributed by atoms with van der Waals surface area (Å²) in [6.45, 7) is 1.72. The van der Waals surface area contributed by atoms with Gasteiger partial charge in [0.05, 0.1) is 17.2 Å². The predicted octanol–water partition coefficient (Wildman–Crippen LogP) is 4.24. The lowest BCUT2D eigenvalue weighted by Crippen LogP contribution is -2.18. The maximum absolute atomic E-state index is 12.7. The molecule has 24 heavy (non-hydrogen) atoms. The Balaban J connectivity index is 2.41. The van der Waals surface area contributed by atoms with E-state index in [1.165, 1.54) is 23.6 Å². The lowest BCUT2D eigenvalue weighted by Gasteiger charge is -2.09. The molecule has 0 unspecified atom stereocenters. The van der Waals surface area contributed by atoms with Crippen molar-refractivity contribution in [2.75, 3.05) is 11.9 Å². The highest BCUT2D eigenvalue weighted by Crippen LogP contribution is 2.28. The van der Waals surface area contributed by atoms with E-state index in [4.69, 9.17) is 39.5 Å². The van der Waals surface area contributed by atoms with Crippen LogP contribution in [0.4, 0.5) is 5.13 Å². The van der Waals surface area contributed by atoms with E-state index in [0.29, 0.717) is 5.13 Å². The molecule has 0 radical (unpaired) electrons. The van der Waals surface area contributed by atoms with Crippen molar-refractivity contribution in [1.82, 2.24) is 9.97 Å². The van der Waals surface area contributed by atoms with Crippen LogP contribution < -0.4 is 5.32 Å². The van der Waals surface area contributed by atoms with Gasteiger partial charge in [0.1, 0.15) is 15.9 Å². The van der Waals surface area contributed by atoms with Crippen molar-refractivity contribution >= 4 is 63.0 Å². The fraction of sp³-hybridized carbons (Fsp3) is 0.143. The molecule has 6 nitrogen and oxygen atoms in total. The second-order valence-corrected chi connectivity index (χ2v) is 6.23. The van der Waals surface area contributed by atoms with E-state index in [9.17, 15) is 9.59 Å². The summed E-state index contributed by atoms with van der Waals surface area (Å²) in [4.78, 5) is 32.6. The molecule has 0 atom stereocenters. The van der Waals surface area contributed by atoms with Crippen LogP contribution in [-0.2, 0) is 9.53 Å². The largest absolute Gasteiger partial charge is 0.462 e. The molecule has 0 saturated heterocycles.